The van der Waals surface area contributed by atoms with Crippen LogP contribution in [0.5, 0.6) is 0 Å². The van der Waals surface area contributed by atoms with E-state index in [1.54, 1.807) is 11.0 Å². The number of aromatic nitrogens is 4. The van der Waals surface area contributed by atoms with Crippen molar-refractivity contribution in [1.82, 2.24) is 20.2 Å². The Labute approximate surface area is 101 Å². The lowest BCUT2D eigenvalue weighted by Crippen LogP contribution is -2.19. The van der Waals surface area contributed by atoms with Gasteiger partial charge in [0.25, 0.3) is 0 Å². The molecule has 2 aromatic rings. The minimum atomic E-state index is 0.230. The Hall–Kier alpha value is -1.91. The molecule has 0 aliphatic carbocycles. The van der Waals surface area contributed by atoms with Crippen molar-refractivity contribution in [2.45, 2.75) is 20.8 Å². The number of nitrogens with one attached hydrogen (secondary N) is 1. The Bertz CT molecular complexity index is 470. The summed E-state index contributed by atoms with van der Waals surface area (Å²) in [6.45, 7) is 7.48. The van der Waals surface area contributed by atoms with Crippen LogP contribution in [0.25, 0.3) is 5.69 Å². The highest BCUT2D eigenvalue weighted by Gasteiger charge is 2.11. The van der Waals surface area contributed by atoms with Crippen molar-refractivity contribution in [3.63, 3.8) is 0 Å². The molecule has 1 aromatic heterocycles. The maximum Gasteiger partial charge on any atom is 0.143 e. The normalized spacial score (nSPS) is 11.5. The molecule has 0 aliphatic heterocycles. The molecule has 1 N–H and O–H groups in total. The highest BCUT2D eigenvalue weighted by molar-refractivity contribution is 5.60. The van der Waals surface area contributed by atoms with Gasteiger partial charge in [-0.2, -0.15) is 4.68 Å². The van der Waals surface area contributed by atoms with E-state index in [1.165, 1.54) is 0 Å². The molecule has 5 nitrogen and oxygen atoms in total. The molecule has 0 fully saturated rings. The predicted molar refractivity (Wildman–Crippen MR) is 67.1 cm³/mol. The van der Waals surface area contributed by atoms with Crippen molar-refractivity contribution in [3.8, 4) is 5.69 Å². The van der Waals surface area contributed by atoms with Gasteiger partial charge in [0.15, 0.2) is 0 Å². The van der Waals surface area contributed by atoms with E-state index < -0.39 is 0 Å². The summed E-state index contributed by atoms with van der Waals surface area (Å²) in [6, 6.07) is 7.99. The first-order valence-corrected chi connectivity index (χ1v) is 5.62. The Balaban J connectivity index is 2.23. The Morgan fingerprint density at radius 1 is 1.24 bits per heavy atom. The van der Waals surface area contributed by atoms with E-state index in [-0.39, 0.29) is 5.41 Å². The third kappa shape index (κ3) is 3.03. The molecule has 0 unspecified atom stereocenters. The zero-order valence-corrected chi connectivity index (χ0v) is 10.4. The lowest BCUT2D eigenvalue weighted by molar-refractivity contribution is 0.443. The number of benzene rings is 1. The lowest BCUT2D eigenvalue weighted by atomic mass is 9.97. The zero-order valence-electron chi connectivity index (χ0n) is 10.4. The van der Waals surface area contributed by atoms with Crippen LogP contribution in [-0.4, -0.2) is 26.8 Å². The summed E-state index contributed by atoms with van der Waals surface area (Å²) in [5, 5.41) is 14.6. The molecule has 1 heterocycles. The zero-order chi connectivity index (χ0) is 12.3. The fourth-order valence-electron chi connectivity index (χ4n) is 1.45. The van der Waals surface area contributed by atoms with Gasteiger partial charge in [-0.3, -0.25) is 0 Å². The predicted octanol–water partition coefficient (Wildman–Crippen LogP) is 2.12. The van der Waals surface area contributed by atoms with Crippen molar-refractivity contribution in [2.24, 2.45) is 5.41 Å². The number of anilines is 1. The molecule has 0 saturated carbocycles. The largest absolute Gasteiger partial charge is 0.383 e. The standard InChI is InChI=1S/C12H17N5/c1-12(2,3)8-13-10-6-4-5-7-11(10)17-9-14-15-16-17/h4-7,9,13H,8H2,1-3H3. The van der Waals surface area contributed by atoms with E-state index in [0.717, 1.165) is 17.9 Å². The number of rotatable bonds is 3. The molecule has 5 heteroatoms. The van der Waals surface area contributed by atoms with Gasteiger partial charge in [0.05, 0.1) is 11.4 Å². The topological polar surface area (TPSA) is 55.6 Å². The van der Waals surface area contributed by atoms with Gasteiger partial charge in [-0.1, -0.05) is 32.9 Å². The molecule has 17 heavy (non-hydrogen) atoms. The van der Waals surface area contributed by atoms with E-state index in [2.05, 4.69) is 41.6 Å². The Kier molecular flexibility index (Phi) is 3.08. The van der Waals surface area contributed by atoms with Gasteiger partial charge in [-0.25, -0.2) is 0 Å². The van der Waals surface area contributed by atoms with Crippen LogP contribution >= 0.6 is 0 Å². The highest BCUT2D eigenvalue weighted by atomic mass is 15.5. The second-order valence-electron chi connectivity index (χ2n) is 5.19. The molecular formula is C12H17N5. The van der Waals surface area contributed by atoms with Gasteiger partial charge >= 0.3 is 0 Å². The SMILES string of the molecule is CC(C)(C)CNc1ccccc1-n1cnnn1. The number of hydrogen-bond donors (Lipinski definition) is 1. The first kappa shape index (κ1) is 11.6. The summed E-state index contributed by atoms with van der Waals surface area (Å²) in [7, 11) is 0. The molecular weight excluding hydrogens is 214 g/mol. The fraction of sp³-hybridized carbons (Fsp3) is 0.417. The number of tetrazole rings is 1. The number of hydrogen-bond acceptors (Lipinski definition) is 4. The molecule has 0 amide bonds. The van der Waals surface area contributed by atoms with Crippen molar-refractivity contribution in [1.29, 1.82) is 0 Å². The van der Waals surface area contributed by atoms with Gasteiger partial charge in [0.1, 0.15) is 6.33 Å². The fourth-order valence-corrected chi connectivity index (χ4v) is 1.45. The summed E-state index contributed by atoms with van der Waals surface area (Å²) in [6.07, 6.45) is 1.59. The molecule has 2 rings (SSSR count). The average molecular weight is 231 g/mol. The Morgan fingerprint density at radius 2 is 2.00 bits per heavy atom. The highest BCUT2D eigenvalue weighted by Crippen LogP contribution is 2.21. The summed E-state index contributed by atoms with van der Waals surface area (Å²) in [5.74, 6) is 0. The van der Waals surface area contributed by atoms with E-state index in [1.807, 2.05) is 24.3 Å². The quantitative estimate of drug-likeness (QED) is 0.879. The third-order valence-electron chi connectivity index (χ3n) is 2.31. The van der Waals surface area contributed by atoms with Gasteiger partial charge < -0.3 is 5.32 Å². The summed E-state index contributed by atoms with van der Waals surface area (Å²) in [4.78, 5) is 0. The second-order valence-corrected chi connectivity index (χ2v) is 5.19. The summed E-state index contributed by atoms with van der Waals surface area (Å²) < 4.78 is 1.66. The van der Waals surface area contributed by atoms with Gasteiger partial charge in [-0.05, 0) is 28.0 Å². The molecule has 0 radical (unpaired) electrons. The maximum absolute atomic E-state index is 3.91. The van der Waals surface area contributed by atoms with Crippen LogP contribution in [0.3, 0.4) is 0 Å². The third-order valence-corrected chi connectivity index (χ3v) is 2.31. The van der Waals surface area contributed by atoms with E-state index in [0.29, 0.717) is 0 Å². The smallest absolute Gasteiger partial charge is 0.143 e. The monoisotopic (exact) mass is 231 g/mol. The second kappa shape index (κ2) is 4.53. The van der Waals surface area contributed by atoms with E-state index >= 15 is 0 Å². The minimum Gasteiger partial charge on any atom is -0.383 e. The maximum atomic E-state index is 3.91. The molecule has 0 atom stereocenters. The lowest BCUT2D eigenvalue weighted by Gasteiger charge is -2.20. The molecule has 0 saturated heterocycles. The molecule has 90 valence electrons. The molecule has 1 aromatic carbocycles. The van der Waals surface area contributed by atoms with E-state index in [9.17, 15) is 0 Å². The van der Waals surface area contributed by atoms with Crippen LogP contribution in [0.15, 0.2) is 30.6 Å². The number of nitrogens with zero attached hydrogens (tertiary/aromatic N) is 4. The van der Waals surface area contributed by atoms with Crippen LogP contribution in [0.1, 0.15) is 20.8 Å². The van der Waals surface area contributed by atoms with Gasteiger partial charge in [0, 0.05) is 6.54 Å². The number of para-hydroxylation sites is 2. The van der Waals surface area contributed by atoms with E-state index in [4.69, 9.17) is 0 Å². The van der Waals surface area contributed by atoms with Gasteiger partial charge in [-0.15, -0.1) is 5.10 Å². The van der Waals surface area contributed by atoms with Crippen molar-refractivity contribution in [3.05, 3.63) is 30.6 Å². The van der Waals surface area contributed by atoms with Crippen LogP contribution < -0.4 is 5.32 Å². The summed E-state index contributed by atoms with van der Waals surface area (Å²) in [5.41, 5.74) is 2.23. The van der Waals surface area contributed by atoms with Crippen molar-refractivity contribution in [2.75, 3.05) is 11.9 Å². The van der Waals surface area contributed by atoms with Crippen LogP contribution in [-0.2, 0) is 0 Å². The average Bonchev–Trinajstić information content (AvgIpc) is 2.79. The molecule has 0 spiro atoms. The van der Waals surface area contributed by atoms with Gasteiger partial charge in [0.2, 0.25) is 0 Å². The molecule has 0 aliphatic rings. The molecule has 0 bridgehead atoms. The Morgan fingerprint density at radius 3 is 2.65 bits per heavy atom. The first-order valence-electron chi connectivity index (χ1n) is 5.62. The first-order chi connectivity index (χ1) is 8.06. The van der Waals surface area contributed by atoms with Crippen LogP contribution in [0, 0.1) is 5.41 Å². The minimum absolute atomic E-state index is 0.230. The van der Waals surface area contributed by atoms with Crippen molar-refractivity contribution < 1.29 is 0 Å². The van der Waals surface area contributed by atoms with Crippen LogP contribution in [0.4, 0.5) is 5.69 Å². The van der Waals surface area contributed by atoms with Crippen molar-refractivity contribution >= 4 is 5.69 Å². The van der Waals surface area contributed by atoms with Crippen LogP contribution in [0.2, 0.25) is 0 Å². The summed E-state index contributed by atoms with van der Waals surface area (Å²) >= 11 is 0.